The van der Waals surface area contributed by atoms with E-state index in [2.05, 4.69) is 17.0 Å². The predicted molar refractivity (Wildman–Crippen MR) is 108 cm³/mol. The number of rotatable bonds is 12. The zero-order valence-corrected chi connectivity index (χ0v) is 18.4. The molecule has 0 bridgehead atoms. The highest BCUT2D eigenvalue weighted by molar-refractivity contribution is 7.99. The maximum Gasteiger partial charge on any atom is 0.344 e. The number of amides is 1. The number of nitrogens with one attached hydrogen (secondary N) is 1. The van der Waals surface area contributed by atoms with Crippen molar-refractivity contribution < 1.29 is 33.4 Å². The average Bonchev–Trinajstić information content (AvgIpc) is 3.20. The van der Waals surface area contributed by atoms with Gasteiger partial charge in [-0.1, -0.05) is 6.92 Å². The van der Waals surface area contributed by atoms with Gasteiger partial charge in [0.25, 0.3) is 0 Å². The zero-order chi connectivity index (χ0) is 21.8. The average molecular weight is 433 g/mol. The van der Waals surface area contributed by atoms with Gasteiger partial charge in [0.2, 0.25) is 5.91 Å². The predicted octanol–water partition coefficient (Wildman–Crippen LogP) is 0.747. The molecule has 0 aromatic carbocycles. The molecule has 166 valence electrons. The lowest BCUT2D eigenvalue weighted by Crippen LogP contribution is -2.54. The second-order valence-electron chi connectivity index (χ2n) is 6.64. The van der Waals surface area contributed by atoms with Crippen LogP contribution in [0.1, 0.15) is 40.0 Å². The van der Waals surface area contributed by atoms with Crippen molar-refractivity contribution in [3.8, 4) is 0 Å². The standard InChI is InChI=1S/C19H32N2O7S/c1-5-10-29-12-14(18(24)27-6-2)20-13(3)17(23)21-9-7-8-15(21)19(25)28-11-16(22)26-4/h13-15,20H,5-12H2,1-4H3/t13-,14-,15-/m0/s1. The Balaban J connectivity index is 2.71. The van der Waals surface area contributed by atoms with Crippen LogP contribution in [0, 0.1) is 0 Å². The summed E-state index contributed by atoms with van der Waals surface area (Å²) in [6.45, 7) is 5.64. The molecule has 1 fully saturated rings. The van der Waals surface area contributed by atoms with Gasteiger partial charge in [-0.25, -0.2) is 9.59 Å². The number of hydrogen-bond acceptors (Lipinski definition) is 9. The molecule has 1 aliphatic rings. The van der Waals surface area contributed by atoms with Crippen LogP contribution >= 0.6 is 11.8 Å². The van der Waals surface area contributed by atoms with Gasteiger partial charge in [0, 0.05) is 12.3 Å². The van der Waals surface area contributed by atoms with Crippen LogP contribution < -0.4 is 5.32 Å². The van der Waals surface area contributed by atoms with Crippen molar-refractivity contribution in [3.05, 3.63) is 0 Å². The summed E-state index contributed by atoms with van der Waals surface area (Å²) in [4.78, 5) is 50.0. The van der Waals surface area contributed by atoms with Crippen molar-refractivity contribution in [2.45, 2.75) is 58.2 Å². The Bertz CT molecular complexity index is 573. The first kappa shape index (κ1) is 25.2. The molecule has 0 aromatic heterocycles. The number of carbonyl (C=O) groups is 4. The van der Waals surface area contributed by atoms with E-state index in [1.165, 1.54) is 12.0 Å². The SMILES string of the molecule is CCCSC[C@H](N[C@@H](C)C(=O)N1CCC[C@H]1C(=O)OCC(=O)OC)C(=O)OCC. The Morgan fingerprint density at radius 3 is 2.55 bits per heavy atom. The first-order valence-corrected chi connectivity index (χ1v) is 11.0. The lowest BCUT2D eigenvalue weighted by molar-refractivity contribution is -0.161. The van der Waals surface area contributed by atoms with Gasteiger partial charge in [-0.2, -0.15) is 11.8 Å². The third-order valence-corrected chi connectivity index (χ3v) is 5.66. The van der Waals surface area contributed by atoms with E-state index in [9.17, 15) is 19.2 Å². The molecule has 0 radical (unpaired) electrons. The molecule has 1 saturated heterocycles. The lowest BCUT2D eigenvalue weighted by Gasteiger charge is -2.28. The second-order valence-corrected chi connectivity index (χ2v) is 7.79. The molecule has 0 spiro atoms. The highest BCUT2D eigenvalue weighted by Gasteiger charge is 2.38. The number of carbonyl (C=O) groups excluding carboxylic acids is 4. The molecule has 0 saturated carbocycles. The topological polar surface area (TPSA) is 111 Å². The van der Waals surface area contributed by atoms with Crippen LogP contribution in [-0.2, 0) is 33.4 Å². The first-order chi connectivity index (χ1) is 13.8. The summed E-state index contributed by atoms with van der Waals surface area (Å²) in [5.41, 5.74) is 0. The Morgan fingerprint density at radius 1 is 1.21 bits per heavy atom. The van der Waals surface area contributed by atoms with Gasteiger partial charge in [-0.3, -0.25) is 14.9 Å². The van der Waals surface area contributed by atoms with Gasteiger partial charge in [-0.15, -0.1) is 0 Å². The molecule has 0 aliphatic carbocycles. The molecule has 0 aromatic rings. The Kier molecular flexibility index (Phi) is 11.7. The number of methoxy groups -OCH3 is 1. The minimum atomic E-state index is -0.744. The summed E-state index contributed by atoms with van der Waals surface area (Å²) in [6.07, 6.45) is 2.11. The van der Waals surface area contributed by atoms with E-state index in [0.717, 1.165) is 12.2 Å². The smallest absolute Gasteiger partial charge is 0.344 e. The number of nitrogens with zero attached hydrogens (tertiary/aromatic N) is 1. The minimum Gasteiger partial charge on any atom is -0.466 e. The van der Waals surface area contributed by atoms with E-state index in [1.54, 1.807) is 25.6 Å². The largest absolute Gasteiger partial charge is 0.466 e. The van der Waals surface area contributed by atoms with Gasteiger partial charge in [0.1, 0.15) is 12.1 Å². The van der Waals surface area contributed by atoms with E-state index in [4.69, 9.17) is 9.47 Å². The van der Waals surface area contributed by atoms with Crippen LogP contribution in [0.4, 0.5) is 0 Å². The third kappa shape index (κ3) is 8.22. The fraction of sp³-hybridized carbons (Fsp3) is 0.789. The summed E-state index contributed by atoms with van der Waals surface area (Å²) >= 11 is 1.61. The van der Waals surface area contributed by atoms with Crippen LogP contribution in [0.25, 0.3) is 0 Å². The van der Waals surface area contributed by atoms with E-state index in [-0.39, 0.29) is 12.5 Å². The normalized spacial score (nSPS) is 18.1. The Hall–Kier alpha value is -1.81. The van der Waals surface area contributed by atoms with Crippen molar-refractivity contribution in [1.82, 2.24) is 10.2 Å². The van der Waals surface area contributed by atoms with Gasteiger partial charge in [-0.05, 0) is 38.9 Å². The van der Waals surface area contributed by atoms with Crippen LogP contribution in [-0.4, -0.2) is 85.2 Å². The van der Waals surface area contributed by atoms with Crippen LogP contribution in [0.3, 0.4) is 0 Å². The molecular weight excluding hydrogens is 400 g/mol. The van der Waals surface area contributed by atoms with Crippen LogP contribution in [0.15, 0.2) is 0 Å². The molecular formula is C19H32N2O7S. The number of hydrogen-bond donors (Lipinski definition) is 1. The van der Waals surface area contributed by atoms with Gasteiger partial charge >= 0.3 is 17.9 Å². The highest BCUT2D eigenvalue weighted by atomic mass is 32.2. The third-order valence-electron chi connectivity index (χ3n) is 4.39. The monoisotopic (exact) mass is 432 g/mol. The molecule has 0 unspecified atom stereocenters. The lowest BCUT2D eigenvalue weighted by atomic mass is 10.2. The van der Waals surface area contributed by atoms with Crippen molar-refractivity contribution in [1.29, 1.82) is 0 Å². The summed E-state index contributed by atoms with van der Waals surface area (Å²) < 4.78 is 14.5. The number of thioether (sulfide) groups is 1. The maximum atomic E-state index is 12.9. The summed E-state index contributed by atoms with van der Waals surface area (Å²) in [5.74, 6) is -0.585. The second kappa shape index (κ2) is 13.4. The van der Waals surface area contributed by atoms with Gasteiger partial charge in [0.15, 0.2) is 6.61 Å². The quantitative estimate of drug-likeness (QED) is 0.271. The molecule has 1 aliphatic heterocycles. The van der Waals surface area contributed by atoms with Crippen LogP contribution in [0.2, 0.25) is 0 Å². The highest BCUT2D eigenvalue weighted by Crippen LogP contribution is 2.20. The maximum absolute atomic E-state index is 12.9. The van der Waals surface area contributed by atoms with Gasteiger partial charge < -0.3 is 19.1 Å². The van der Waals surface area contributed by atoms with E-state index >= 15 is 0 Å². The zero-order valence-electron chi connectivity index (χ0n) is 17.6. The number of likely N-dealkylation sites (tertiary alicyclic amines) is 1. The Morgan fingerprint density at radius 2 is 1.93 bits per heavy atom. The molecule has 1 heterocycles. The minimum absolute atomic E-state index is 0.262. The number of ether oxygens (including phenoxy) is 3. The molecule has 1 N–H and O–H groups in total. The van der Waals surface area contributed by atoms with Crippen molar-refractivity contribution in [2.75, 3.05) is 38.4 Å². The molecule has 3 atom stereocenters. The fourth-order valence-corrected chi connectivity index (χ4v) is 3.88. The summed E-state index contributed by atoms with van der Waals surface area (Å²) in [6, 6.07) is -2.04. The Labute approximate surface area is 176 Å². The van der Waals surface area contributed by atoms with Crippen LogP contribution in [0.5, 0.6) is 0 Å². The van der Waals surface area contributed by atoms with Crippen molar-refractivity contribution in [2.24, 2.45) is 0 Å². The van der Waals surface area contributed by atoms with E-state index < -0.39 is 42.6 Å². The fourth-order valence-electron chi connectivity index (χ4n) is 2.96. The molecule has 29 heavy (non-hydrogen) atoms. The molecule has 1 rings (SSSR count). The summed E-state index contributed by atoms with van der Waals surface area (Å²) in [5, 5.41) is 3.04. The van der Waals surface area contributed by atoms with Gasteiger partial charge in [0.05, 0.1) is 19.8 Å². The van der Waals surface area contributed by atoms with Crippen molar-refractivity contribution >= 4 is 35.6 Å². The molecule has 1 amide bonds. The van der Waals surface area contributed by atoms with Crippen molar-refractivity contribution in [3.63, 3.8) is 0 Å². The van der Waals surface area contributed by atoms with E-state index in [1.807, 2.05) is 0 Å². The summed E-state index contributed by atoms with van der Waals surface area (Å²) in [7, 11) is 1.20. The number of esters is 3. The molecule has 9 nitrogen and oxygen atoms in total. The molecule has 10 heteroatoms. The van der Waals surface area contributed by atoms with E-state index in [0.29, 0.717) is 25.1 Å². The first-order valence-electron chi connectivity index (χ1n) is 9.89.